The van der Waals surface area contributed by atoms with Gasteiger partial charge < -0.3 is 89.3 Å². The molecule has 45 heteroatoms. The van der Waals surface area contributed by atoms with Crippen molar-refractivity contribution in [3.05, 3.63) is 158 Å². The summed E-state index contributed by atoms with van der Waals surface area (Å²) >= 11 is 18.3. The number of hydrogen-bond acceptors (Lipinski definition) is 29. The van der Waals surface area contributed by atoms with Gasteiger partial charge in [0.2, 0.25) is 17.6 Å². The highest BCUT2D eigenvalue weighted by molar-refractivity contribution is 6.39. The zero-order valence-corrected chi connectivity index (χ0v) is 75.1. The lowest BCUT2D eigenvalue weighted by molar-refractivity contribution is -0.144. The molecule has 131 heavy (non-hydrogen) atoms. The van der Waals surface area contributed by atoms with Crippen LogP contribution >= 0.6 is 34.8 Å². The average Bonchev–Trinajstić information content (AvgIpc) is 1.75. The Bertz CT molecular complexity index is 5500. The first-order valence-corrected chi connectivity index (χ1v) is 43.3. The molecular weight excluding hydrogens is 1770 g/mol. The lowest BCUT2D eigenvalue weighted by Gasteiger charge is -2.26. The molecule has 0 bridgehead atoms. The van der Waals surface area contributed by atoms with Crippen molar-refractivity contribution in [3.63, 3.8) is 0 Å². The van der Waals surface area contributed by atoms with Crippen LogP contribution in [0.25, 0.3) is 0 Å². The number of carbonyl (C=O) groups is 12. The largest absolute Gasteiger partial charge is 0.480 e. The Balaban J connectivity index is 0.000000158. The Morgan fingerprint density at radius 1 is 0.397 bits per heavy atom. The maximum Gasteiger partial charge on any atom is 0.325 e. The van der Waals surface area contributed by atoms with E-state index in [0.717, 1.165) is 40.0 Å². The quantitative estimate of drug-likeness (QED) is 0.0228. The molecule has 7 aliphatic heterocycles. The Labute approximate surface area is 766 Å². The number of benzene rings is 4. The number of nitrogen functional groups attached to an aromatic ring is 2. The third-order valence-corrected chi connectivity index (χ3v) is 22.7. The van der Waals surface area contributed by atoms with Gasteiger partial charge in [0.05, 0.1) is 46.1 Å². The number of aliphatic hydroxyl groups excluding tert-OH is 1. The second-order valence-electron chi connectivity index (χ2n) is 29.5. The molecule has 4 fully saturated rings. The highest BCUT2D eigenvalue weighted by atomic mass is 35.5. The summed E-state index contributed by atoms with van der Waals surface area (Å²) in [4.78, 5) is 200. The normalized spacial score (nSPS) is 15.3. The molecule has 4 aromatic carbocycles. The minimum atomic E-state index is -1.05. The van der Waals surface area contributed by atoms with Crippen molar-refractivity contribution in [3.8, 4) is 17.6 Å². The number of aliphatic hydroxyl groups is 1. The molecule has 692 valence electrons. The number of carbonyl (C=O) groups excluding carboxylic acids is 11. The number of aromatic nitrogens is 8. The number of anilines is 10. The van der Waals surface area contributed by atoms with Gasteiger partial charge in [-0.25, -0.2) is 59.0 Å². The van der Waals surface area contributed by atoms with Gasteiger partial charge in [-0.2, -0.15) is 0 Å². The summed E-state index contributed by atoms with van der Waals surface area (Å²) in [6.07, 6.45) is 7.40. The Kier molecular flexibility index (Phi) is 32.1. The SMILES string of the molecule is CCOC(=O)CN1CCN(c2ccc(N(CCO)C(=O)c3c(Cl)ncnc3Cl)cc2CC)C1=O.CCOC(=O)CN1CCN(c2ccc(N3CCOc4ncnc(Cl)c4C3=O)cc2CC)C1=O.CCOC(=O)CN1CCN(c2ccc(N3CCOc4ncnc(N)c4C3=O)cc2CC)C1=O.CCc1cc(N2CCOc3ncnc(N)c3C2=O)ccc1N1CCN(CC(=O)O)C1=O. The molecule has 8 aromatic rings. The van der Waals surface area contributed by atoms with E-state index in [-0.39, 0.29) is 188 Å². The van der Waals surface area contributed by atoms with Crippen LogP contribution in [0.5, 0.6) is 17.6 Å². The van der Waals surface area contributed by atoms with Gasteiger partial charge in [-0.15, -0.1) is 0 Å². The zero-order chi connectivity index (χ0) is 94.0. The topological polar surface area (TPSA) is 495 Å². The molecule has 15 rings (SSSR count). The molecule has 7 aliphatic rings. The number of aliphatic carboxylic acids is 1. The zero-order valence-electron chi connectivity index (χ0n) is 72.8. The van der Waals surface area contributed by atoms with Crippen LogP contribution < -0.4 is 64.9 Å². The number of ether oxygens (including phenoxy) is 6. The molecule has 0 radical (unpaired) electrons. The van der Waals surface area contributed by atoms with E-state index < -0.39 is 29.8 Å². The van der Waals surface area contributed by atoms with Crippen LogP contribution in [-0.4, -0.2) is 292 Å². The standard InChI is InChI=1S/C22H25Cl2N5O5.C22H24ClN5O5.C22H26N6O5.C20H22N6O5/c1-3-14-11-15(28(9-10-30)21(32)18-19(23)25-13-26-20(18)24)5-6-16(14)29-8-7-27(22(29)33)12-17(31)34-4-2;2*1-3-14-11-15(27-9-10-33-20-18(21(27)30)19(23)24-13-25-20)5-6-16(14)28-8-7-26(22(28)31)12-17(29)32-4-2;1-2-12-9-13(3-4-14(12)26-6-5-24(20(26)30)10-15(27)28)25-7-8-31-18-16(19(25)29)17(21)22-11-23-18/h5-6,11,13,30H,3-4,7-10,12H2,1-2H3;5-6,11,13H,3-4,7-10,12H2,1-2H3;5-6,11,13H,3-4,7-10,12H2,1-2H3,(H2,23,24,25);3-4,9,11H,2,5-8,10H2,1H3,(H,27,28)(H2,21,22,23). The maximum atomic E-state index is 13.2. The molecule has 0 aliphatic carbocycles. The number of fused-ring (bicyclic) bond motifs is 3. The van der Waals surface area contributed by atoms with Crippen LogP contribution in [0, 0.1) is 0 Å². The molecule has 6 N–H and O–H groups in total. The predicted octanol–water partition coefficient (Wildman–Crippen LogP) is 7.78. The third kappa shape index (κ3) is 21.6. The van der Waals surface area contributed by atoms with Crippen molar-refractivity contribution in [1.29, 1.82) is 0 Å². The van der Waals surface area contributed by atoms with E-state index in [1.54, 1.807) is 97.5 Å². The van der Waals surface area contributed by atoms with Crippen molar-refractivity contribution in [2.24, 2.45) is 0 Å². The number of carboxylic acid groups (broad SMARTS) is 1. The Morgan fingerprint density at radius 2 is 0.710 bits per heavy atom. The van der Waals surface area contributed by atoms with Crippen LogP contribution in [0.1, 0.15) is 112 Å². The second kappa shape index (κ2) is 43.8. The van der Waals surface area contributed by atoms with E-state index >= 15 is 0 Å². The van der Waals surface area contributed by atoms with E-state index in [0.29, 0.717) is 132 Å². The fraction of sp³-hybridized carbons (Fsp3) is 0.395. The number of nitrogens with two attached hydrogens (primary N) is 2. The van der Waals surface area contributed by atoms with E-state index in [2.05, 4.69) is 39.9 Å². The monoisotopic (exact) mass is 1860 g/mol. The first kappa shape index (κ1) is 96.0. The molecule has 11 heterocycles. The van der Waals surface area contributed by atoms with Gasteiger partial charge in [0.15, 0.2) is 0 Å². The number of rotatable bonds is 26. The average molecular weight is 1870 g/mol. The molecule has 4 aromatic heterocycles. The first-order chi connectivity index (χ1) is 63.1. The Morgan fingerprint density at radius 3 is 1.05 bits per heavy atom. The summed E-state index contributed by atoms with van der Waals surface area (Å²) in [5, 5.41) is 18.4. The molecule has 0 unspecified atom stereocenters. The smallest absolute Gasteiger partial charge is 0.325 e. The molecule has 0 atom stereocenters. The van der Waals surface area contributed by atoms with Gasteiger partial charge in [-0.1, -0.05) is 62.5 Å². The van der Waals surface area contributed by atoms with Gasteiger partial charge in [-0.3, -0.25) is 58.0 Å². The van der Waals surface area contributed by atoms with Crippen molar-refractivity contribution in [1.82, 2.24) is 59.5 Å². The molecule has 4 saturated heterocycles. The number of urea groups is 4. The molecule has 42 nitrogen and oxygen atoms in total. The second-order valence-corrected chi connectivity index (χ2v) is 30.6. The van der Waals surface area contributed by atoms with E-state index in [1.165, 1.54) is 43.5 Å². The van der Waals surface area contributed by atoms with Gasteiger partial charge in [0.25, 0.3) is 23.6 Å². The number of esters is 3. The molecule has 12 amide bonds. The lowest BCUT2D eigenvalue weighted by atomic mass is 10.1. The fourth-order valence-electron chi connectivity index (χ4n) is 15.5. The summed E-state index contributed by atoms with van der Waals surface area (Å²) in [7, 11) is 0. The van der Waals surface area contributed by atoms with Crippen LogP contribution in [0.3, 0.4) is 0 Å². The van der Waals surface area contributed by atoms with Gasteiger partial charge in [0.1, 0.15) is 121 Å². The highest BCUT2D eigenvalue weighted by Gasteiger charge is 2.40. The number of amides is 12. The summed E-state index contributed by atoms with van der Waals surface area (Å²) in [5.41, 5.74) is 20.9. The van der Waals surface area contributed by atoms with Crippen molar-refractivity contribution >= 4 is 164 Å². The van der Waals surface area contributed by atoms with Crippen molar-refractivity contribution in [2.45, 2.75) is 74.1 Å². The predicted molar refractivity (Wildman–Crippen MR) is 480 cm³/mol. The van der Waals surface area contributed by atoms with Crippen molar-refractivity contribution in [2.75, 3.05) is 202 Å². The number of carboxylic acids is 1. The van der Waals surface area contributed by atoms with E-state index in [1.807, 2.05) is 58.0 Å². The fourth-order valence-corrected chi connectivity index (χ4v) is 16.2. The summed E-state index contributed by atoms with van der Waals surface area (Å²) in [6.45, 7) is 17.9. The number of aryl methyl sites for hydroxylation is 4. The van der Waals surface area contributed by atoms with Gasteiger partial charge >= 0.3 is 48.0 Å². The number of halogens is 3. The van der Waals surface area contributed by atoms with Crippen molar-refractivity contribution < 1.29 is 96.2 Å². The molecular formula is C86H97Cl3N22O20. The van der Waals surface area contributed by atoms with Gasteiger partial charge in [0, 0.05) is 104 Å². The summed E-state index contributed by atoms with van der Waals surface area (Å²) in [5.74, 6) is -3.34. The van der Waals surface area contributed by atoms with Crippen LogP contribution in [-0.2, 0) is 59.1 Å². The third-order valence-electron chi connectivity index (χ3n) is 21.8. The molecule has 0 spiro atoms. The first-order valence-electron chi connectivity index (χ1n) is 42.2. The van der Waals surface area contributed by atoms with E-state index in [4.69, 9.17) is 79.8 Å². The lowest BCUT2D eigenvalue weighted by Crippen LogP contribution is -2.36. The summed E-state index contributed by atoms with van der Waals surface area (Å²) < 4.78 is 31.6. The minimum Gasteiger partial charge on any atom is -0.480 e. The maximum absolute atomic E-state index is 13.2. The molecule has 0 saturated carbocycles. The van der Waals surface area contributed by atoms with Gasteiger partial charge in [-0.05, 0) is 142 Å². The summed E-state index contributed by atoms with van der Waals surface area (Å²) in [6, 6.07) is 20.4. The van der Waals surface area contributed by atoms with E-state index in [9.17, 15) is 62.6 Å². The van der Waals surface area contributed by atoms with Crippen LogP contribution in [0.15, 0.2) is 98.1 Å². The minimum absolute atomic E-state index is 0.0150. The number of nitrogens with zero attached hydrogens (tertiary/aromatic N) is 20. The number of hydrogen-bond donors (Lipinski definition) is 4. The highest BCUT2D eigenvalue weighted by Crippen LogP contribution is 2.39. The van der Waals surface area contributed by atoms with Crippen LogP contribution in [0.4, 0.5) is 76.3 Å². The Hall–Kier alpha value is -14.1. The van der Waals surface area contributed by atoms with Crippen LogP contribution in [0.2, 0.25) is 15.5 Å².